The number of hydrogen-bond donors (Lipinski definition) is 3. The first-order valence-corrected chi connectivity index (χ1v) is 12.1. The Morgan fingerprint density at radius 1 is 1.21 bits per heavy atom. The Balaban J connectivity index is 1.31. The van der Waals surface area contributed by atoms with Gasteiger partial charge in [-0.2, -0.15) is 10.2 Å². The number of amides is 1. The molecule has 3 heterocycles. The zero-order chi connectivity index (χ0) is 22.4. The molecule has 3 N–H and O–H groups in total. The lowest BCUT2D eigenvalue weighted by atomic mass is 9.48. The van der Waals surface area contributed by atoms with Crippen molar-refractivity contribution in [2.24, 2.45) is 5.92 Å². The molecule has 2 bridgehead atoms. The lowest BCUT2D eigenvalue weighted by molar-refractivity contribution is -0.191. The summed E-state index contributed by atoms with van der Waals surface area (Å²) in [4.78, 5) is 15.5. The van der Waals surface area contributed by atoms with Crippen molar-refractivity contribution in [1.29, 1.82) is 0 Å². The Morgan fingerprint density at radius 2 is 2.09 bits per heavy atom. The van der Waals surface area contributed by atoms with Gasteiger partial charge in [-0.05, 0) is 68.7 Å². The number of nitrogens with zero attached hydrogens (tertiary/aromatic N) is 3. The SMILES string of the molecule is O=C(N[C@@H]1CC[C@@]2(O)[C@H]3Cc4ccc(O)c5c4[C@@]2(CCN3CC2CC2)[C@H]1O5)c1ccnnc1. The number of nitrogens with one attached hydrogen (secondary N) is 1. The number of phenols is 1. The van der Waals surface area contributed by atoms with E-state index in [2.05, 4.69) is 20.4 Å². The molecule has 0 unspecified atom stereocenters. The molecule has 1 aromatic carbocycles. The van der Waals surface area contributed by atoms with E-state index in [1.54, 1.807) is 12.1 Å². The molecule has 1 aromatic heterocycles. The zero-order valence-electron chi connectivity index (χ0n) is 18.4. The topological polar surface area (TPSA) is 108 Å². The Hall–Kier alpha value is -2.71. The first kappa shape index (κ1) is 19.7. The van der Waals surface area contributed by atoms with Gasteiger partial charge < -0.3 is 20.3 Å². The molecule has 1 spiro atoms. The van der Waals surface area contributed by atoms with Gasteiger partial charge in [-0.3, -0.25) is 9.69 Å². The summed E-state index contributed by atoms with van der Waals surface area (Å²) in [5.74, 6) is 1.14. The first-order valence-electron chi connectivity index (χ1n) is 12.1. The summed E-state index contributed by atoms with van der Waals surface area (Å²) in [7, 11) is 0. The third kappa shape index (κ3) is 2.56. The number of piperidine rings is 1. The maximum Gasteiger partial charge on any atom is 0.253 e. The van der Waals surface area contributed by atoms with Crippen molar-refractivity contribution in [2.75, 3.05) is 13.1 Å². The van der Waals surface area contributed by atoms with Crippen molar-refractivity contribution in [3.05, 3.63) is 47.3 Å². The molecule has 7 rings (SSSR count). The lowest BCUT2D eigenvalue weighted by Crippen LogP contribution is -2.78. The van der Waals surface area contributed by atoms with E-state index >= 15 is 0 Å². The highest BCUT2D eigenvalue weighted by atomic mass is 16.5. The number of likely N-dealkylation sites (tertiary alicyclic amines) is 1. The van der Waals surface area contributed by atoms with Crippen LogP contribution in [0, 0.1) is 5.92 Å². The number of hydrogen-bond acceptors (Lipinski definition) is 7. The number of rotatable bonds is 4. The number of ether oxygens (including phenoxy) is 1. The third-order valence-corrected chi connectivity index (χ3v) is 8.93. The molecule has 8 heteroatoms. The van der Waals surface area contributed by atoms with Gasteiger partial charge in [0.1, 0.15) is 6.10 Å². The monoisotopic (exact) mass is 448 g/mol. The Kier molecular flexibility index (Phi) is 3.99. The van der Waals surface area contributed by atoms with Crippen LogP contribution in [-0.4, -0.2) is 68.1 Å². The number of carbonyl (C=O) groups excluding carboxylic acids is 1. The number of phenolic OH excluding ortho intramolecular Hbond substituents is 1. The lowest BCUT2D eigenvalue weighted by Gasteiger charge is -2.64. The van der Waals surface area contributed by atoms with Crippen LogP contribution in [-0.2, 0) is 11.8 Å². The van der Waals surface area contributed by atoms with Gasteiger partial charge in [-0.15, -0.1) is 0 Å². The van der Waals surface area contributed by atoms with Gasteiger partial charge in [0.15, 0.2) is 11.5 Å². The molecular formula is C25H28N4O4. The summed E-state index contributed by atoms with van der Waals surface area (Å²) in [6.07, 6.45) is 7.82. The molecule has 2 aliphatic heterocycles. The number of aromatic nitrogens is 2. The summed E-state index contributed by atoms with van der Waals surface area (Å²) in [5.41, 5.74) is 0.998. The van der Waals surface area contributed by atoms with E-state index in [-0.39, 0.29) is 23.7 Å². The molecule has 0 radical (unpaired) electrons. The van der Waals surface area contributed by atoms with Crippen molar-refractivity contribution in [3.63, 3.8) is 0 Å². The van der Waals surface area contributed by atoms with Crippen molar-refractivity contribution in [2.45, 2.75) is 67.7 Å². The van der Waals surface area contributed by atoms with Gasteiger partial charge in [-0.1, -0.05) is 6.07 Å². The summed E-state index contributed by atoms with van der Waals surface area (Å²) < 4.78 is 6.48. The van der Waals surface area contributed by atoms with Crippen LogP contribution in [0.2, 0.25) is 0 Å². The molecule has 5 aliphatic rings. The summed E-state index contributed by atoms with van der Waals surface area (Å²) >= 11 is 0. The van der Waals surface area contributed by atoms with Gasteiger partial charge in [0.05, 0.1) is 35.0 Å². The molecule has 33 heavy (non-hydrogen) atoms. The maximum atomic E-state index is 13.0. The maximum absolute atomic E-state index is 13.0. The highest BCUT2D eigenvalue weighted by molar-refractivity contribution is 5.94. The molecule has 1 amide bonds. The minimum absolute atomic E-state index is 0.0296. The van der Waals surface area contributed by atoms with E-state index in [0.717, 1.165) is 43.0 Å². The highest BCUT2D eigenvalue weighted by Crippen LogP contribution is 2.65. The quantitative estimate of drug-likeness (QED) is 0.651. The minimum Gasteiger partial charge on any atom is -0.504 e. The smallest absolute Gasteiger partial charge is 0.253 e. The van der Waals surface area contributed by atoms with E-state index in [0.29, 0.717) is 24.2 Å². The molecule has 8 nitrogen and oxygen atoms in total. The molecule has 1 saturated heterocycles. The Labute approximate surface area is 192 Å². The predicted octanol–water partition coefficient (Wildman–Crippen LogP) is 1.54. The zero-order valence-corrected chi connectivity index (χ0v) is 18.4. The molecule has 172 valence electrons. The fourth-order valence-corrected chi connectivity index (χ4v) is 7.31. The standard InChI is InChI=1S/C25H28N4O4/c30-18-4-3-15-11-19-25(32)7-5-17(28-23(31)16-6-9-26-27-12-16)22-24(25,20(15)21(18)33-22)8-10-29(19)13-14-1-2-14/h3-4,6,9,12,14,17,19,22,30,32H,1-2,5,7-8,10-11,13H2,(H,28,31)/t17-,19-,22+,24+,25-/m1/s1. The number of carbonyl (C=O) groups is 1. The summed E-state index contributed by atoms with van der Waals surface area (Å²) in [6, 6.07) is 5.10. The van der Waals surface area contributed by atoms with Crippen molar-refractivity contribution < 1.29 is 19.7 Å². The van der Waals surface area contributed by atoms with E-state index < -0.39 is 17.1 Å². The average Bonchev–Trinajstić information content (AvgIpc) is 3.56. The van der Waals surface area contributed by atoms with Crippen LogP contribution in [0.25, 0.3) is 0 Å². The van der Waals surface area contributed by atoms with Gasteiger partial charge in [0.25, 0.3) is 5.91 Å². The van der Waals surface area contributed by atoms with E-state index in [9.17, 15) is 15.0 Å². The molecule has 2 aromatic rings. The van der Waals surface area contributed by atoms with Crippen LogP contribution in [0.15, 0.2) is 30.6 Å². The van der Waals surface area contributed by atoms with Gasteiger partial charge in [0.2, 0.25) is 0 Å². The van der Waals surface area contributed by atoms with E-state index in [4.69, 9.17) is 4.74 Å². The molecule has 3 aliphatic carbocycles. The van der Waals surface area contributed by atoms with Gasteiger partial charge in [-0.25, -0.2) is 0 Å². The molecule has 2 saturated carbocycles. The molecule has 5 atom stereocenters. The van der Waals surface area contributed by atoms with E-state index in [1.807, 2.05) is 6.07 Å². The van der Waals surface area contributed by atoms with E-state index in [1.165, 1.54) is 25.2 Å². The van der Waals surface area contributed by atoms with Crippen molar-refractivity contribution in [1.82, 2.24) is 20.4 Å². The fourth-order valence-electron chi connectivity index (χ4n) is 7.31. The fraction of sp³-hybridized carbons (Fsp3) is 0.560. The largest absolute Gasteiger partial charge is 0.504 e. The summed E-state index contributed by atoms with van der Waals surface area (Å²) in [6.45, 7) is 1.94. The Morgan fingerprint density at radius 3 is 2.88 bits per heavy atom. The second-order valence-electron chi connectivity index (χ2n) is 10.5. The second-order valence-corrected chi connectivity index (χ2v) is 10.5. The molecular weight excluding hydrogens is 420 g/mol. The average molecular weight is 449 g/mol. The van der Waals surface area contributed by atoms with Crippen LogP contribution in [0.1, 0.15) is 53.6 Å². The van der Waals surface area contributed by atoms with Crippen LogP contribution >= 0.6 is 0 Å². The van der Waals surface area contributed by atoms with Gasteiger partial charge in [0, 0.05) is 18.2 Å². The van der Waals surface area contributed by atoms with Crippen LogP contribution in [0.3, 0.4) is 0 Å². The summed E-state index contributed by atoms with van der Waals surface area (Å²) in [5, 5.41) is 33.9. The van der Waals surface area contributed by atoms with Crippen LogP contribution in [0.5, 0.6) is 11.5 Å². The van der Waals surface area contributed by atoms with Crippen LogP contribution in [0.4, 0.5) is 0 Å². The first-order chi connectivity index (χ1) is 16.0. The highest BCUT2D eigenvalue weighted by Gasteiger charge is 2.73. The number of aromatic hydroxyl groups is 1. The predicted molar refractivity (Wildman–Crippen MR) is 118 cm³/mol. The number of aliphatic hydroxyl groups is 1. The van der Waals surface area contributed by atoms with Gasteiger partial charge >= 0.3 is 0 Å². The molecule has 3 fully saturated rings. The third-order valence-electron chi connectivity index (χ3n) is 8.93. The Bertz CT molecular complexity index is 1140. The number of benzene rings is 1. The van der Waals surface area contributed by atoms with Crippen molar-refractivity contribution >= 4 is 5.91 Å². The second kappa shape index (κ2) is 6.67. The van der Waals surface area contributed by atoms with Crippen LogP contribution < -0.4 is 10.1 Å². The van der Waals surface area contributed by atoms with Crippen molar-refractivity contribution in [3.8, 4) is 11.5 Å². The minimum atomic E-state index is -0.948. The normalized spacial score (nSPS) is 36.1.